The minimum atomic E-state index is 0.0185. The van der Waals surface area contributed by atoms with Crippen LogP contribution in [0.25, 0.3) is 0 Å². The number of oxime groups is 1. The molecule has 4 aliphatic carbocycles. The lowest BCUT2D eigenvalue weighted by molar-refractivity contribution is -0.112. The Hall–Kier alpha value is -1.35. The van der Waals surface area contributed by atoms with E-state index >= 15 is 0 Å². The normalized spacial score (nSPS) is 49.2. The number of rotatable bonds is 1. The van der Waals surface area contributed by atoms with Crippen molar-refractivity contribution in [1.82, 2.24) is 0 Å². The van der Waals surface area contributed by atoms with Crippen molar-refractivity contribution < 1.29 is 9.94 Å². The lowest BCUT2D eigenvalue weighted by atomic mass is 9.51. The van der Waals surface area contributed by atoms with Crippen molar-refractivity contribution in [2.24, 2.45) is 34.2 Å². The molecule has 1 heterocycles. The number of hydrogen-bond donors (Lipinski definition) is 1. The number of hydrogen-bond acceptors (Lipinski definition) is 3. The van der Waals surface area contributed by atoms with Crippen LogP contribution in [-0.2, 0) is 4.74 Å². The quantitative estimate of drug-likeness (QED) is 0.420. The van der Waals surface area contributed by atoms with E-state index in [1.165, 1.54) is 37.7 Å². The topological polar surface area (TPSA) is 41.8 Å². The molecule has 6 unspecified atom stereocenters. The predicted octanol–water partition coefficient (Wildman–Crippen LogP) is 4.88. The molecular formula is C22H29NO2. The first-order chi connectivity index (χ1) is 12.2. The third kappa shape index (κ3) is 1.99. The Labute approximate surface area is 150 Å². The molecule has 0 amide bonds. The molecule has 1 spiro atoms. The molecule has 0 aromatic rings. The first-order valence-corrected chi connectivity index (χ1v) is 10.2. The van der Waals surface area contributed by atoms with E-state index in [2.05, 4.69) is 42.5 Å². The van der Waals surface area contributed by atoms with Gasteiger partial charge in [0, 0.05) is 5.41 Å². The Morgan fingerprint density at radius 2 is 2.20 bits per heavy atom. The van der Waals surface area contributed by atoms with Crippen molar-refractivity contribution in [3.63, 3.8) is 0 Å². The van der Waals surface area contributed by atoms with Gasteiger partial charge in [-0.2, -0.15) is 0 Å². The van der Waals surface area contributed by atoms with Gasteiger partial charge in [0.25, 0.3) is 0 Å². The molecular weight excluding hydrogens is 310 g/mol. The van der Waals surface area contributed by atoms with Crippen LogP contribution in [0.3, 0.4) is 0 Å². The average Bonchev–Trinajstić information content (AvgIpc) is 3.27. The van der Waals surface area contributed by atoms with E-state index in [1.807, 2.05) is 0 Å². The summed E-state index contributed by atoms with van der Waals surface area (Å²) in [5.74, 6) is 2.87. The highest BCUT2D eigenvalue weighted by molar-refractivity contribution is 5.96. The first kappa shape index (κ1) is 15.9. The van der Waals surface area contributed by atoms with Crippen molar-refractivity contribution in [1.29, 1.82) is 0 Å². The second-order valence-corrected chi connectivity index (χ2v) is 8.78. The number of allylic oxidation sites excluding steroid dienone is 4. The smallest absolute Gasteiger partial charge is 0.0926 e. The summed E-state index contributed by atoms with van der Waals surface area (Å²) in [7, 11) is 0. The molecule has 2 saturated carbocycles. The number of nitrogens with zero attached hydrogens (tertiary/aromatic N) is 1. The van der Waals surface area contributed by atoms with Gasteiger partial charge in [-0.25, -0.2) is 0 Å². The van der Waals surface area contributed by atoms with Gasteiger partial charge in [-0.3, -0.25) is 0 Å². The van der Waals surface area contributed by atoms with E-state index in [1.54, 1.807) is 0 Å². The largest absolute Gasteiger partial charge is 0.411 e. The second kappa shape index (κ2) is 5.57. The molecule has 5 rings (SSSR count). The van der Waals surface area contributed by atoms with Gasteiger partial charge in [0.15, 0.2) is 0 Å². The standard InChI is InChI=1S/C22H29NO2/c1-2-21-11-8-18-17-7-5-16(23-24)14-15(17)4-6-19(18)20(21)9-12-22(21)10-3-13-25-22/h3-4,6,10,14,17-20,24H,2,5,7-9,11-13H2,1H3/b23-16+. The molecule has 3 heteroatoms. The molecule has 3 nitrogen and oxygen atoms in total. The summed E-state index contributed by atoms with van der Waals surface area (Å²) in [5, 5.41) is 12.6. The molecule has 0 saturated heterocycles. The summed E-state index contributed by atoms with van der Waals surface area (Å²) < 4.78 is 6.39. The molecule has 0 bridgehead atoms. The van der Waals surface area contributed by atoms with Crippen LogP contribution >= 0.6 is 0 Å². The highest BCUT2D eigenvalue weighted by Crippen LogP contribution is 2.67. The Kier molecular flexibility index (Phi) is 3.54. The third-order valence-corrected chi connectivity index (χ3v) is 8.35. The maximum atomic E-state index is 9.12. The fraction of sp³-hybridized carbons (Fsp3) is 0.682. The Morgan fingerprint density at radius 1 is 1.28 bits per heavy atom. The van der Waals surface area contributed by atoms with Crippen LogP contribution in [0.15, 0.2) is 41.1 Å². The molecule has 1 aliphatic heterocycles. The van der Waals surface area contributed by atoms with Crippen LogP contribution in [0.4, 0.5) is 0 Å². The van der Waals surface area contributed by atoms with Gasteiger partial charge in [-0.15, -0.1) is 0 Å². The SMILES string of the molecule is CCC12CCC3C4CC/C(=N\O)C=C4C=CC3C1CCC21C=CCO1. The third-order valence-electron chi connectivity index (χ3n) is 8.35. The summed E-state index contributed by atoms with van der Waals surface area (Å²) >= 11 is 0. The van der Waals surface area contributed by atoms with Crippen LogP contribution in [0.1, 0.15) is 51.9 Å². The van der Waals surface area contributed by atoms with Gasteiger partial charge in [-0.1, -0.05) is 36.4 Å². The van der Waals surface area contributed by atoms with E-state index < -0.39 is 0 Å². The van der Waals surface area contributed by atoms with E-state index in [4.69, 9.17) is 9.94 Å². The molecule has 25 heavy (non-hydrogen) atoms. The molecule has 2 fully saturated rings. The van der Waals surface area contributed by atoms with Crippen LogP contribution in [0, 0.1) is 29.1 Å². The van der Waals surface area contributed by atoms with Crippen LogP contribution in [0.5, 0.6) is 0 Å². The summed E-state index contributed by atoms with van der Waals surface area (Å²) in [5.41, 5.74) is 2.59. The van der Waals surface area contributed by atoms with Crippen LogP contribution in [-0.4, -0.2) is 23.1 Å². The fourth-order valence-corrected chi connectivity index (χ4v) is 7.29. The van der Waals surface area contributed by atoms with Crippen molar-refractivity contribution in [3.8, 4) is 0 Å². The van der Waals surface area contributed by atoms with E-state index in [0.717, 1.165) is 37.0 Å². The zero-order chi connectivity index (χ0) is 17.1. The molecule has 134 valence electrons. The van der Waals surface area contributed by atoms with E-state index in [-0.39, 0.29) is 5.60 Å². The second-order valence-electron chi connectivity index (χ2n) is 8.78. The molecule has 0 radical (unpaired) electrons. The average molecular weight is 339 g/mol. The lowest BCUT2D eigenvalue weighted by Gasteiger charge is -2.55. The van der Waals surface area contributed by atoms with Crippen molar-refractivity contribution in [2.75, 3.05) is 6.61 Å². The van der Waals surface area contributed by atoms with E-state index in [9.17, 15) is 0 Å². The highest BCUT2D eigenvalue weighted by Gasteiger charge is 2.64. The predicted molar refractivity (Wildman–Crippen MR) is 98.7 cm³/mol. The fourth-order valence-electron chi connectivity index (χ4n) is 7.29. The minimum Gasteiger partial charge on any atom is -0.411 e. The summed E-state index contributed by atoms with van der Waals surface area (Å²) in [6, 6.07) is 0. The number of ether oxygens (including phenoxy) is 1. The van der Waals surface area contributed by atoms with Gasteiger partial charge < -0.3 is 9.94 Å². The monoisotopic (exact) mass is 339 g/mol. The number of fused-ring (bicyclic) bond motifs is 6. The maximum Gasteiger partial charge on any atom is 0.0926 e. The van der Waals surface area contributed by atoms with Gasteiger partial charge in [-0.05, 0) is 80.3 Å². The van der Waals surface area contributed by atoms with Crippen LogP contribution in [0.2, 0.25) is 0 Å². The Morgan fingerprint density at radius 3 is 2.96 bits per heavy atom. The molecule has 0 aromatic heterocycles. The van der Waals surface area contributed by atoms with Gasteiger partial charge in [0.05, 0.1) is 17.9 Å². The van der Waals surface area contributed by atoms with E-state index in [0.29, 0.717) is 17.3 Å². The molecule has 0 aromatic carbocycles. The van der Waals surface area contributed by atoms with Crippen molar-refractivity contribution in [2.45, 2.75) is 57.5 Å². The lowest BCUT2D eigenvalue weighted by Crippen LogP contribution is -2.52. The van der Waals surface area contributed by atoms with Crippen LogP contribution < -0.4 is 0 Å². The summed E-state index contributed by atoms with van der Waals surface area (Å²) in [4.78, 5) is 0. The zero-order valence-electron chi connectivity index (χ0n) is 15.2. The Balaban J connectivity index is 1.52. The Bertz CT molecular complexity index is 690. The van der Waals surface area contributed by atoms with Crippen molar-refractivity contribution >= 4 is 5.71 Å². The minimum absolute atomic E-state index is 0.0185. The molecule has 5 aliphatic rings. The van der Waals surface area contributed by atoms with Gasteiger partial charge in [0.1, 0.15) is 0 Å². The summed E-state index contributed by atoms with van der Waals surface area (Å²) in [6.07, 6.45) is 20.0. The van der Waals surface area contributed by atoms with Crippen molar-refractivity contribution in [3.05, 3.63) is 36.0 Å². The maximum absolute atomic E-state index is 9.12. The van der Waals surface area contributed by atoms with Gasteiger partial charge in [0.2, 0.25) is 0 Å². The zero-order valence-corrected chi connectivity index (χ0v) is 15.2. The molecule has 1 N–H and O–H groups in total. The highest BCUT2D eigenvalue weighted by atomic mass is 16.5. The van der Waals surface area contributed by atoms with Gasteiger partial charge >= 0.3 is 0 Å². The molecule has 6 atom stereocenters. The summed E-state index contributed by atoms with van der Waals surface area (Å²) in [6.45, 7) is 3.19. The first-order valence-electron chi connectivity index (χ1n) is 10.2.